The van der Waals surface area contributed by atoms with Gasteiger partial charge in [0, 0.05) is 5.56 Å². The van der Waals surface area contributed by atoms with E-state index in [0.717, 1.165) is 0 Å². The van der Waals surface area contributed by atoms with E-state index in [1.807, 2.05) is 0 Å². The van der Waals surface area contributed by atoms with Crippen molar-refractivity contribution in [1.29, 1.82) is 0 Å². The van der Waals surface area contributed by atoms with Crippen molar-refractivity contribution < 1.29 is 27.6 Å². The minimum Gasteiger partial charge on any atom is -0.478 e. The molecule has 0 saturated heterocycles. The van der Waals surface area contributed by atoms with Crippen LogP contribution in [-0.2, 0) is 6.42 Å². The number of aromatic nitrogens is 2. The second kappa shape index (κ2) is 4.71. The zero-order valence-corrected chi connectivity index (χ0v) is 9.31. The third-order valence-electron chi connectivity index (χ3n) is 2.19. The lowest BCUT2D eigenvalue weighted by atomic mass is 10.1. The number of hydrogen-bond acceptors (Lipinski definition) is 4. The Balaban J connectivity index is 2.28. The van der Waals surface area contributed by atoms with Gasteiger partial charge in [-0.3, -0.25) is 0 Å². The van der Waals surface area contributed by atoms with Crippen LogP contribution in [0.4, 0.5) is 13.2 Å². The summed E-state index contributed by atoms with van der Waals surface area (Å²) in [5.41, 5.74) is 0.261. The number of carboxylic acids is 1. The van der Waals surface area contributed by atoms with E-state index in [1.54, 1.807) is 0 Å². The molecule has 0 fully saturated rings. The van der Waals surface area contributed by atoms with Crippen molar-refractivity contribution >= 4 is 5.97 Å². The summed E-state index contributed by atoms with van der Waals surface area (Å²) in [6, 6.07) is 5.53. The average molecular weight is 272 g/mol. The lowest BCUT2D eigenvalue weighted by molar-refractivity contribution is -0.131. The molecule has 1 N–H and O–H groups in total. The molecule has 0 bridgehead atoms. The van der Waals surface area contributed by atoms with Gasteiger partial charge in [-0.15, -0.1) is 0 Å². The van der Waals surface area contributed by atoms with Crippen LogP contribution in [0.25, 0.3) is 11.4 Å². The molecule has 19 heavy (non-hydrogen) atoms. The molecule has 1 aromatic heterocycles. The molecule has 0 aliphatic heterocycles. The van der Waals surface area contributed by atoms with Crippen molar-refractivity contribution in [2.24, 2.45) is 0 Å². The molecule has 0 aliphatic rings. The Kier molecular flexibility index (Phi) is 3.24. The Hall–Kier alpha value is -2.38. The van der Waals surface area contributed by atoms with Crippen LogP contribution in [0.2, 0.25) is 0 Å². The smallest absolute Gasteiger partial charge is 0.397 e. The zero-order valence-electron chi connectivity index (χ0n) is 9.31. The summed E-state index contributed by atoms with van der Waals surface area (Å²) >= 11 is 0. The van der Waals surface area contributed by atoms with Gasteiger partial charge in [0.2, 0.25) is 11.7 Å². The van der Waals surface area contributed by atoms with Crippen molar-refractivity contribution in [2.75, 3.05) is 0 Å². The molecule has 0 unspecified atom stereocenters. The summed E-state index contributed by atoms with van der Waals surface area (Å²) in [5.74, 6) is -1.80. The summed E-state index contributed by atoms with van der Waals surface area (Å²) in [5, 5.41) is 12.2. The quantitative estimate of drug-likeness (QED) is 0.929. The Morgan fingerprint density at radius 1 is 1.37 bits per heavy atom. The van der Waals surface area contributed by atoms with Crippen molar-refractivity contribution in [3.8, 4) is 11.4 Å². The molecule has 1 aromatic carbocycles. The van der Waals surface area contributed by atoms with E-state index in [4.69, 9.17) is 5.11 Å². The monoisotopic (exact) mass is 272 g/mol. The molecule has 0 spiro atoms. The number of nitrogens with zero attached hydrogens (tertiary/aromatic N) is 2. The van der Waals surface area contributed by atoms with Gasteiger partial charge in [-0.25, -0.2) is 4.79 Å². The van der Waals surface area contributed by atoms with Crippen molar-refractivity contribution in [1.82, 2.24) is 10.1 Å². The molecule has 5 nitrogen and oxygen atoms in total. The number of benzene rings is 1. The lowest BCUT2D eigenvalue weighted by Crippen LogP contribution is -2.11. The van der Waals surface area contributed by atoms with Crippen LogP contribution in [0.15, 0.2) is 28.8 Å². The van der Waals surface area contributed by atoms with Gasteiger partial charge in [-0.05, 0) is 12.1 Å². The van der Waals surface area contributed by atoms with Crippen LogP contribution in [0, 0.1) is 0 Å². The topological polar surface area (TPSA) is 76.2 Å². The minimum atomic E-state index is -4.44. The maximum Gasteiger partial charge on any atom is 0.397 e. The van der Waals surface area contributed by atoms with Gasteiger partial charge in [-0.1, -0.05) is 17.3 Å². The summed E-state index contributed by atoms with van der Waals surface area (Å²) in [6.07, 6.45) is -5.76. The highest BCUT2D eigenvalue weighted by Gasteiger charge is 2.31. The molecule has 2 rings (SSSR count). The lowest BCUT2D eigenvalue weighted by Gasteiger charge is -1.99. The first-order chi connectivity index (χ1) is 8.85. The molecule has 100 valence electrons. The first-order valence-corrected chi connectivity index (χ1v) is 5.08. The van der Waals surface area contributed by atoms with E-state index in [-0.39, 0.29) is 17.0 Å². The third-order valence-corrected chi connectivity index (χ3v) is 2.19. The second-order valence-electron chi connectivity index (χ2n) is 3.69. The van der Waals surface area contributed by atoms with Gasteiger partial charge in [-0.2, -0.15) is 18.2 Å². The van der Waals surface area contributed by atoms with Gasteiger partial charge in [0.05, 0.1) is 5.56 Å². The highest BCUT2D eigenvalue weighted by molar-refractivity contribution is 5.89. The van der Waals surface area contributed by atoms with Crippen LogP contribution in [0.3, 0.4) is 0 Å². The third kappa shape index (κ3) is 3.30. The van der Waals surface area contributed by atoms with E-state index < -0.39 is 24.5 Å². The van der Waals surface area contributed by atoms with E-state index in [2.05, 4.69) is 14.7 Å². The Morgan fingerprint density at radius 2 is 2.11 bits per heavy atom. The van der Waals surface area contributed by atoms with Gasteiger partial charge in [0.1, 0.15) is 6.42 Å². The summed E-state index contributed by atoms with van der Waals surface area (Å²) in [7, 11) is 0. The Morgan fingerprint density at radius 3 is 2.74 bits per heavy atom. The SMILES string of the molecule is O=C(O)c1cccc(-c2noc(CC(F)(F)F)n2)c1. The predicted octanol–water partition coefficient (Wildman–Crippen LogP) is 2.54. The molecule has 8 heteroatoms. The number of aromatic carboxylic acids is 1. The predicted molar refractivity (Wildman–Crippen MR) is 56.5 cm³/mol. The number of alkyl halides is 3. The van der Waals surface area contributed by atoms with Crippen LogP contribution >= 0.6 is 0 Å². The molecular weight excluding hydrogens is 265 g/mol. The van der Waals surface area contributed by atoms with Crippen molar-refractivity contribution in [3.05, 3.63) is 35.7 Å². The normalized spacial score (nSPS) is 11.5. The first-order valence-electron chi connectivity index (χ1n) is 5.08. The molecule has 0 saturated carbocycles. The fraction of sp³-hybridized carbons (Fsp3) is 0.182. The number of carbonyl (C=O) groups is 1. The van der Waals surface area contributed by atoms with E-state index in [1.165, 1.54) is 24.3 Å². The van der Waals surface area contributed by atoms with Crippen LogP contribution < -0.4 is 0 Å². The van der Waals surface area contributed by atoms with Gasteiger partial charge < -0.3 is 9.63 Å². The first kappa shape index (κ1) is 13.1. The van der Waals surface area contributed by atoms with E-state index in [9.17, 15) is 18.0 Å². The average Bonchev–Trinajstić information content (AvgIpc) is 2.75. The second-order valence-corrected chi connectivity index (χ2v) is 3.69. The van der Waals surface area contributed by atoms with Gasteiger partial charge in [0.15, 0.2) is 0 Å². The van der Waals surface area contributed by atoms with Crippen LogP contribution in [-0.4, -0.2) is 27.4 Å². The van der Waals surface area contributed by atoms with Crippen LogP contribution in [0.1, 0.15) is 16.2 Å². The molecular formula is C11H7F3N2O3. The Labute approximate surface area is 104 Å². The largest absolute Gasteiger partial charge is 0.478 e. The fourth-order valence-electron chi connectivity index (χ4n) is 1.41. The summed E-state index contributed by atoms with van der Waals surface area (Å²) < 4.78 is 40.8. The maximum atomic E-state index is 12.1. The molecule has 0 atom stereocenters. The van der Waals surface area contributed by atoms with E-state index in [0.29, 0.717) is 0 Å². The van der Waals surface area contributed by atoms with Crippen LogP contribution in [0.5, 0.6) is 0 Å². The van der Waals surface area contributed by atoms with Gasteiger partial charge >= 0.3 is 12.1 Å². The standard InChI is InChI=1S/C11H7F3N2O3/c12-11(13,14)5-8-15-9(16-19-8)6-2-1-3-7(4-6)10(17)18/h1-4H,5H2,(H,17,18). The molecule has 2 aromatic rings. The molecule has 1 heterocycles. The number of hydrogen-bond donors (Lipinski definition) is 1. The number of halogens is 3. The molecule has 0 radical (unpaired) electrons. The zero-order chi connectivity index (χ0) is 14.0. The fourth-order valence-corrected chi connectivity index (χ4v) is 1.41. The van der Waals surface area contributed by atoms with E-state index >= 15 is 0 Å². The molecule has 0 aliphatic carbocycles. The molecule has 0 amide bonds. The number of rotatable bonds is 3. The van der Waals surface area contributed by atoms with Crippen molar-refractivity contribution in [3.63, 3.8) is 0 Å². The summed E-state index contributed by atoms with van der Waals surface area (Å²) in [6.45, 7) is 0. The number of carboxylic acid groups (broad SMARTS) is 1. The van der Waals surface area contributed by atoms with Gasteiger partial charge in [0.25, 0.3) is 0 Å². The highest BCUT2D eigenvalue weighted by atomic mass is 19.4. The minimum absolute atomic E-state index is 0.0142. The maximum absolute atomic E-state index is 12.1. The highest BCUT2D eigenvalue weighted by Crippen LogP contribution is 2.23. The Bertz CT molecular complexity index is 607. The summed E-state index contributed by atoms with van der Waals surface area (Å²) in [4.78, 5) is 14.3. The van der Waals surface area contributed by atoms with Crippen molar-refractivity contribution in [2.45, 2.75) is 12.6 Å².